The molecule has 1 aliphatic carbocycles. The number of rotatable bonds is 1. The average molecular weight is 522 g/mol. The van der Waals surface area contributed by atoms with Crippen LogP contribution in [0, 0.1) is 11.3 Å². The first-order chi connectivity index (χ1) is 17.8. The number of thiophene rings is 1. The fourth-order valence-electron chi connectivity index (χ4n) is 6.55. The van der Waals surface area contributed by atoms with Crippen molar-refractivity contribution in [2.45, 2.75) is 50.1 Å². The number of benzene rings is 1. The van der Waals surface area contributed by atoms with E-state index in [-0.39, 0.29) is 11.4 Å². The highest BCUT2D eigenvalue weighted by Gasteiger charge is 2.47. The molecule has 1 saturated heterocycles. The number of hydrogen-bond acceptors (Lipinski definition) is 7. The second-order valence-corrected chi connectivity index (χ2v) is 11.1. The first-order valence-corrected chi connectivity index (χ1v) is 13.2. The van der Waals surface area contributed by atoms with Crippen LogP contribution in [0.15, 0.2) is 51.9 Å². The minimum Gasteiger partial charge on any atom is -0.383 e. The van der Waals surface area contributed by atoms with E-state index in [4.69, 9.17) is 10.7 Å². The van der Waals surface area contributed by atoms with Crippen molar-refractivity contribution in [2.75, 3.05) is 22.9 Å². The average Bonchev–Trinajstić information content (AvgIpc) is 3.32. The normalized spacial score (nSPS) is 22.9. The Hall–Kier alpha value is -3.58. The predicted molar refractivity (Wildman–Crippen MR) is 134 cm³/mol. The van der Waals surface area contributed by atoms with Gasteiger partial charge in [0.05, 0.1) is 33.7 Å². The summed E-state index contributed by atoms with van der Waals surface area (Å²) in [6, 6.07) is 6.99. The number of nitrogens with two attached hydrogens (primary N) is 1. The number of anilines is 2. The zero-order valence-corrected chi connectivity index (χ0v) is 20.5. The summed E-state index contributed by atoms with van der Waals surface area (Å²) in [5.74, 6) is 0.298. The Morgan fingerprint density at radius 3 is 2.51 bits per heavy atom. The monoisotopic (exact) mass is 521 g/mol. The van der Waals surface area contributed by atoms with Crippen LogP contribution in [0.4, 0.5) is 23.2 Å². The number of piperidine rings is 1. The summed E-state index contributed by atoms with van der Waals surface area (Å²) in [6.07, 6.45) is -0.721. The van der Waals surface area contributed by atoms with Crippen molar-refractivity contribution >= 4 is 33.0 Å². The van der Waals surface area contributed by atoms with Crippen LogP contribution in [0.3, 0.4) is 0 Å². The van der Waals surface area contributed by atoms with Gasteiger partial charge in [-0.05, 0) is 49.3 Å². The smallest absolute Gasteiger partial charge is 0.383 e. The Kier molecular flexibility index (Phi) is 4.71. The number of hydrogen-bond donors (Lipinski definition) is 1. The lowest BCUT2D eigenvalue weighted by Crippen LogP contribution is -2.40. The molecule has 6 heterocycles. The first kappa shape index (κ1) is 22.6. The van der Waals surface area contributed by atoms with Gasteiger partial charge < -0.3 is 10.6 Å². The minimum atomic E-state index is -4.48. The highest BCUT2D eigenvalue weighted by molar-refractivity contribution is 7.21. The Labute approximate surface area is 215 Å². The molecule has 6 nitrogen and oxygen atoms in total. The van der Waals surface area contributed by atoms with E-state index in [2.05, 4.69) is 11.0 Å². The van der Waals surface area contributed by atoms with Crippen molar-refractivity contribution in [2.24, 2.45) is 10.7 Å². The third kappa shape index (κ3) is 3.10. The minimum absolute atomic E-state index is 0.0767. The maximum absolute atomic E-state index is 13.4. The number of allylic oxidation sites excluding steroid dienone is 3. The van der Waals surface area contributed by atoms with E-state index in [0.717, 1.165) is 54.3 Å². The van der Waals surface area contributed by atoms with E-state index >= 15 is 0 Å². The van der Waals surface area contributed by atoms with Gasteiger partial charge in [-0.25, -0.2) is 4.99 Å². The lowest BCUT2D eigenvalue weighted by Gasteiger charge is -2.41. The molecule has 5 aliphatic heterocycles. The van der Waals surface area contributed by atoms with Crippen molar-refractivity contribution in [1.29, 1.82) is 5.26 Å². The zero-order chi connectivity index (χ0) is 25.6. The number of nitriles is 1. The van der Waals surface area contributed by atoms with Crippen molar-refractivity contribution in [1.82, 2.24) is 0 Å². The summed E-state index contributed by atoms with van der Waals surface area (Å²) in [4.78, 5) is 22.5. The third-order valence-electron chi connectivity index (χ3n) is 8.20. The van der Waals surface area contributed by atoms with Crippen LogP contribution >= 0.6 is 11.3 Å². The highest BCUT2D eigenvalue weighted by atomic mass is 32.1. The van der Waals surface area contributed by atoms with E-state index in [1.807, 2.05) is 4.90 Å². The van der Waals surface area contributed by atoms with Crippen LogP contribution in [0.1, 0.15) is 66.2 Å². The molecule has 0 saturated carbocycles. The zero-order valence-electron chi connectivity index (χ0n) is 19.7. The summed E-state index contributed by atoms with van der Waals surface area (Å²) in [5.41, 5.74) is 9.91. The fourth-order valence-corrected chi connectivity index (χ4v) is 8.03. The predicted octanol–water partition coefficient (Wildman–Crippen LogP) is 5.53. The molecule has 2 bridgehead atoms. The summed E-state index contributed by atoms with van der Waals surface area (Å²) in [5, 5.41) is 12.4. The van der Waals surface area contributed by atoms with Gasteiger partial charge in [0.1, 0.15) is 10.8 Å². The van der Waals surface area contributed by atoms with Gasteiger partial charge in [0, 0.05) is 36.3 Å². The Bertz CT molecular complexity index is 1500. The molecule has 1 aromatic heterocycles. The standard InChI is InChI=1S/C27H22F3N5OS/c28-27(29,30)15-6-4-13(5-7-15)19-16(12-31)24-33-23(32)22-20-14-8-10-34(11-9-14)25(20)37-26(22)35(24)17-2-1-3-18(36)21(17)19/h4-7,14,19H,1-3,8-11H2,(H2,32,33). The molecule has 6 aliphatic rings. The van der Waals surface area contributed by atoms with Crippen LogP contribution in [-0.4, -0.2) is 24.7 Å². The molecule has 2 aromatic rings. The van der Waals surface area contributed by atoms with E-state index in [1.54, 1.807) is 11.3 Å². The van der Waals surface area contributed by atoms with Crippen LogP contribution in [0.5, 0.6) is 0 Å². The van der Waals surface area contributed by atoms with Crippen molar-refractivity contribution in [3.05, 3.63) is 69.2 Å². The Morgan fingerprint density at radius 2 is 1.84 bits per heavy atom. The van der Waals surface area contributed by atoms with Gasteiger partial charge in [-0.1, -0.05) is 23.5 Å². The molecule has 10 heteroatoms. The largest absolute Gasteiger partial charge is 0.416 e. The highest BCUT2D eigenvalue weighted by Crippen LogP contribution is 2.58. The van der Waals surface area contributed by atoms with Crippen LogP contribution in [-0.2, 0) is 11.0 Å². The Balaban J connectivity index is 1.46. The van der Waals surface area contributed by atoms with Gasteiger partial charge in [0.2, 0.25) is 0 Å². The van der Waals surface area contributed by atoms with Gasteiger partial charge in [-0.2, -0.15) is 18.4 Å². The molecule has 8 rings (SSSR count). The molecule has 0 radical (unpaired) electrons. The molecule has 1 aromatic carbocycles. The topological polar surface area (TPSA) is 85.7 Å². The van der Waals surface area contributed by atoms with Gasteiger partial charge in [-0.15, -0.1) is 0 Å². The van der Waals surface area contributed by atoms with Crippen molar-refractivity contribution < 1.29 is 18.0 Å². The molecule has 1 unspecified atom stereocenters. The summed E-state index contributed by atoms with van der Waals surface area (Å²) in [6.45, 7) is 2.01. The maximum atomic E-state index is 13.4. The number of fused-ring (bicyclic) bond motifs is 6. The van der Waals surface area contributed by atoms with Gasteiger partial charge in [0.25, 0.3) is 0 Å². The molecular weight excluding hydrogens is 499 g/mol. The molecule has 1 fully saturated rings. The van der Waals surface area contributed by atoms with E-state index in [0.29, 0.717) is 48.0 Å². The lowest BCUT2D eigenvalue weighted by molar-refractivity contribution is -0.137. The second kappa shape index (κ2) is 7.71. The van der Waals surface area contributed by atoms with E-state index in [9.17, 15) is 23.2 Å². The molecule has 0 amide bonds. The van der Waals surface area contributed by atoms with Crippen LogP contribution < -0.4 is 15.5 Å². The fraction of sp³-hybridized carbons (Fsp3) is 0.370. The Morgan fingerprint density at radius 1 is 1.11 bits per heavy atom. The van der Waals surface area contributed by atoms with Crippen molar-refractivity contribution in [3.8, 4) is 6.07 Å². The maximum Gasteiger partial charge on any atom is 0.416 e. The summed E-state index contributed by atoms with van der Waals surface area (Å²) >= 11 is 1.64. The number of amidine groups is 1. The lowest BCUT2D eigenvalue weighted by atomic mass is 9.75. The van der Waals surface area contributed by atoms with Crippen molar-refractivity contribution in [3.63, 3.8) is 0 Å². The molecule has 188 valence electrons. The molecule has 37 heavy (non-hydrogen) atoms. The van der Waals surface area contributed by atoms with Crippen LogP contribution in [0.2, 0.25) is 0 Å². The number of Topliss-reactive ketones (excluding diaryl/α,β-unsaturated/α-hetero) is 1. The number of ketones is 1. The molecular formula is C27H22F3N5OS. The quantitative estimate of drug-likeness (QED) is 0.534. The number of aliphatic imine (C=N–C) groups is 1. The molecule has 2 N–H and O–H groups in total. The number of alkyl halides is 3. The third-order valence-corrected chi connectivity index (χ3v) is 9.45. The van der Waals surface area contributed by atoms with Gasteiger partial charge in [-0.3, -0.25) is 9.69 Å². The van der Waals surface area contributed by atoms with Gasteiger partial charge in [0.15, 0.2) is 11.6 Å². The second-order valence-electron chi connectivity index (χ2n) is 10.1. The number of carbonyl (C=O) groups is 1. The van der Waals surface area contributed by atoms with Gasteiger partial charge >= 0.3 is 6.18 Å². The first-order valence-electron chi connectivity index (χ1n) is 12.4. The number of carbonyl (C=O) groups excluding carboxylic acids is 1. The van der Waals surface area contributed by atoms with E-state index < -0.39 is 17.7 Å². The van der Waals surface area contributed by atoms with Crippen LogP contribution in [0.25, 0.3) is 0 Å². The molecule has 1 atom stereocenters. The summed E-state index contributed by atoms with van der Waals surface area (Å²) in [7, 11) is 0. The molecule has 0 spiro atoms. The number of halogens is 3. The van der Waals surface area contributed by atoms with E-state index in [1.165, 1.54) is 22.7 Å². The SMILES string of the molecule is N#CC1=C2N=C(N)c3c(sc4c3C3CCN4CC3)N2C2=C(C(=O)CCC2)C1c1ccc(C(F)(F)F)cc1. The number of nitrogens with zero attached hydrogens (tertiary/aromatic N) is 4. The summed E-state index contributed by atoms with van der Waals surface area (Å²) < 4.78 is 39.7.